The Hall–Kier alpha value is -2.98. The number of rotatable bonds is 3. The van der Waals surface area contributed by atoms with Crippen molar-refractivity contribution in [2.75, 3.05) is 13.1 Å². The number of hydrogen-bond acceptors (Lipinski definition) is 3. The van der Waals surface area contributed by atoms with Crippen molar-refractivity contribution in [2.24, 2.45) is 0 Å². The van der Waals surface area contributed by atoms with Gasteiger partial charge in [0.1, 0.15) is 11.6 Å². The molecule has 0 saturated carbocycles. The first-order valence-electron chi connectivity index (χ1n) is 7.69. The van der Waals surface area contributed by atoms with Gasteiger partial charge in [-0.3, -0.25) is 9.59 Å². The van der Waals surface area contributed by atoms with Gasteiger partial charge in [-0.05, 0) is 18.2 Å². The van der Waals surface area contributed by atoms with Crippen molar-refractivity contribution in [2.45, 2.75) is 18.1 Å². The summed E-state index contributed by atoms with van der Waals surface area (Å²) in [6.45, 7) is 1.87. The van der Waals surface area contributed by atoms with Crippen LogP contribution in [0.15, 0.2) is 30.9 Å². The Kier molecular flexibility index (Phi) is 4.40. The fraction of sp³-hybridized carbons (Fsp3) is 0.312. The SMILES string of the molecule is C=CC(=O)N1CC(NC(=O)c2cccc3[nH]c(C(F)(F)F)nc23)C(F)(F)C1. The van der Waals surface area contributed by atoms with E-state index in [2.05, 4.69) is 16.9 Å². The first-order valence-corrected chi connectivity index (χ1v) is 7.69. The van der Waals surface area contributed by atoms with Crippen molar-refractivity contribution in [3.63, 3.8) is 0 Å². The van der Waals surface area contributed by atoms with Crippen molar-refractivity contribution in [3.8, 4) is 0 Å². The van der Waals surface area contributed by atoms with Crippen LogP contribution in [0.25, 0.3) is 11.0 Å². The lowest BCUT2D eigenvalue weighted by Crippen LogP contribution is -2.46. The van der Waals surface area contributed by atoms with Crippen molar-refractivity contribution < 1.29 is 31.5 Å². The number of carbonyl (C=O) groups excluding carboxylic acids is 2. The number of fused-ring (bicyclic) bond motifs is 1. The van der Waals surface area contributed by atoms with Crippen molar-refractivity contribution in [1.29, 1.82) is 0 Å². The van der Waals surface area contributed by atoms with E-state index >= 15 is 0 Å². The van der Waals surface area contributed by atoms with E-state index in [0.717, 1.165) is 11.0 Å². The Labute approximate surface area is 149 Å². The van der Waals surface area contributed by atoms with Gasteiger partial charge in [-0.2, -0.15) is 13.2 Å². The number of amides is 2. The van der Waals surface area contributed by atoms with Gasteiger partial charge in [0.25, 0.3) is 11.8 Å². The number of hydrogen-bond donors (Lipinski definition) is 2. The van der Waals surface area contributed by atoms with E-state index in [1.165, 1.54) is 18.2 Å². The predicted molar refractivity (Wildman–Crippen MR) is 84.1 cm³/mol. The molecule has 2 heterocycles. The zero-order chi connectivity index (χ0) is 20.0. The molecule has 6 nitrogen and oxygen atoms in total. The fourth-order valence-electron chi connectivity index (χ4n) is 2.82. The van der Waals surface area contributed by atoms with Crippen LogP contribution in [0.3, 0.4) is 0 Å². The van der Waals surface area contributed by atoms with Crippen LogP contribution in [-0.4, -0.2) is 51.7 Å². The van der Waals surface area contributed by atoms with Crippen LogP contribution in [0.1, 0.15) is 16.2 Å². The summed E-state index contributed by atoms with van der Waals surface area (Å²) in [5.74, 6) is -6.42. The van der Waals surface area contributed by atoms with Crippen LogP contribution >= 0.6 is 0 Å². The first kappa shape index (κ1) is 18.8. The summed E-state index contributed by atoms with van der Waals surface area (Å²) in [5.41, 5.74) is -0.636. The number of halogens is 5. The number of nitrogens with zero attached hydrogens (tertiary/aromatic N) is 2. The summed E-state index contributed by atoms with van der Waals surface area (Å²) in [7, 11) is 0. The molecule has 144 valence electrons. The lowest BCUT2D eigenvalue weighted by atomic mass is 10.1. The van der Waals surface area contributed by atoms with Crippen LogP contribution < -0.4 is 5.32 Å². The molecule has 0 bridgehead atoms. The lowest BCUT2D eigenvalue weighted by Gasteiger charge is -2.18. The third kappa shape index (κ3) is 3.49. The molecule has 2 amide bonds. The highest BCUT2D eigenvalue weighted by Crippen LogP contribution is 2.31. The van der Waals surface area contributed by atoms with Crippen molar-refractivity contribution in [1.82, 2.24) is 20.2 Å². The second kappa shape index (κ2) is 6.32. The van der Waals surface area contributed by atoms with Crippen LogP contribution in [0.2, 0.25) is 0 Å². The van der Waals surface area contributed by atoms with E-state index in [0.29, 0.717) is 0 Å². The monoisotopic (exact) mass is 388 g/mol. The van der Waals surface area contributed by atoms with Gasteiger partial charge in [0.2, 0.25) is 11.7 Å². The fourth-order valence-corrected chi connectivity index (χ4v) is 2.82. The minimum Gasteiger partial charge on any atom is -0.341 e. The number of imidazole rings is 1. The normalized spacial score (nSPS) is 19.3. The van der Waals surface area contributed by atoms with Gasteiger partial charge in [0, 0.05) is 6.54 Å². The van der Waals surface area contributed by atoms with E-state index in [4.69, 9.17) is 0 Å². The largest absolute Gasteiger partial charge is 0.449 e. The molecule has 1 unspecified atom stereocenters. The maximum absolute atomic E-state index is 14.1. The first-order chi connectivity index (χ1) is 12.5. The molecule has 2 N–H and O–H groups in total. The van der Waals surface area contributed by atoms with Gasteiger partial charge < -0.3 is 15.2 Å². The summed E-state index contributed by atoms with van der Waals surface area (Å²) in [6, 6.07) is 2.07. The summed E-state index contributed by atoms with van der Waals surface area (Å²) in [4.78, 5) is 30.2. The van der Waals surface area contributed by atoms with Crippen molar-refractivity contribution in [3.05, 3.63) is 42.2 Å². The zero-order valence-corrected chi connectivity index (χ0v) is 13.6. The maximum Gasteiger partial charge on any atom is 0.449 e. The number of H-pyrrole nitrogens is 1. The number of alkyl halides is 5. The van der Waals surface area contributed by atoms with Crippen LogP contribution in [0, 0.1) is 0 Å². The molecule has 0 aliphatic carbocycles. The molecule has 1 aromatic carbocycles. The summed E-state index contributed by atoms with van der Waals surface area (Å²) < 4.78 is 66.6. The molecular weight excluding hydrogens is 375 g/mol. The number of nitrogens with one attached hydrogen (secondary N) is 2. The standard InChI is InChI=1S/C16H13F5N4O2/c1-2-11(26)25-6-10(15(17,18)7-25)23-13(27)8-4-3-5-9-12(8)24-14(22-9)16(19,20)21/h2-5,10H,1,6-7H2,(H,22,24)(H,23,27). The molecule has 27 heavy (non-hydrogen) atoms. The smallest absolute Gasteiger partial charge is 0.341 e. The van der Waals surface area contributed by atoms with E-state index in [-0.39, 0.29) is 16.6 Å². The number of aromatic amines is 1. The molecule has 1 saturated heterocycles. The Bertz CT molecular complexity index is 921. The van der Waals surface area contributed by atoms with Gasteiger partial charge in [-0.25, -0.2) is 13.8 Å². The molecule has 1 aromatic heterocycles. The highest BCUT2D eigenvalue weighted by atomic mass is 19.4. The minimum atomic E-state index is -4.75. The van der Waals surface area contributed by atoms with Gasteiger partial charge in [-0.15, -0.1) is 0 Å². The second-order valence-corrected chi connectivity index (χ2v) is 5.99. The number of aromatic nitrogens is 2. The molecule has 0 spiro atoms. The third-order valence-electron chi connectivity index (χ3n) is 4.13. The highest BCUT2D eigenvalue weighted by Gasteiger charge is 2.50. The molecule has 1 aliphatic rings. The average Bonchev–Trinajstić information content (AvgIpc) is 3.15. The lowest BCUT2D eigenvalue weighted by molar-refractivity contribution is -0.144. The topological polar surface area (TPSA) is 78.1 Å². The van der Waals surface area contributed by atoms with E-state index < -0.39 is 48.9 Å². The van der Waals surface area contributed by atoms with Crippen molar-refractivity contribution >= 4 is 22.8 Å². The molecule has 3 rings (SSSR count). The highest BCUT2D eigenvalue weighted by molar-refractivity contribution is 6.05. The summed E-state index contributed by atoms with van der Waals surface area (Å²) in [5, 5.41) is 2.08. The molecular formula is C16H13F5N4O2. The molecule has 1 aliphatic heterocycles. The number of benzene rings is 1. The van der Waals surface area contributed by atoms with Gasteiger partial charge >= 0.3 is 6.18 Å². The number of likely N-dealkylation sites (tertiary alicyclic amines) is 1. The maximum atomic E-state index is 14.1. The summed E-state index contributed by atoms with van der Waals surface area (Å²) in [6.07, 6.45) is -3.87. The number of carbonyl (C=O) groups is 2. The van der Waals surface area contributed by atoms with Crippen LogP contribution in [0.5, 0.6) is 0 Å². The molecule has 1 fully saturated rings. The molecule has 11 heteroatoms. The average molecular weight is 388 g/mol. The molecule has 0 radical (unpaired) electrons. The van der Waals surface area contributed by atoms with E-state index in [1.54, 1.807) is 0 Å². The Morgan fingerprint density at radius 1 is 1.37 bits per heavy atom. The van der Waals surface area contributed by atoms with Gasteiger partial charge in [0.05, 0.1) is 17.6 Å². The summed E-state index contributed by atoms with van der Waals surface area (Å²) >= 11 is 0. The van der Waals surface area contributed by atoms with Gasteiger partial charge in [0.15, 0.2) is 0 Å². The predicted octanol–water partition coefficient (Wildman–Crippen LogP) is 2.34. The quantitative estimate of drug-likeness (QED) is 0.626. The third-order valence-corrected chi connectivity index (χ3v) is 4.13. The van der Waals surface area contributed by atoms with Crippen LogP contribution in [0.4, 0.5) is 22.0 Å². The molecule has 1 atom stereocenters. The van der Waals surface area contributed by atoms with Crippen LogP contribution in [-0.2, 0) is 11.0 Å². The van der Waals surface area contributed by atoms with E-state index in [9.17, 15) is 31.5 Å². The number of para-hydroxylation sites is 1. The van der Waals surface area contributed by atoms with Gasteiger partial charge in [-0.1, -0.05) is 12.6 Å². The Morgan fingerprint density at radius 2 is 2.07 bits per heavy atom. The molecule has 2 aromatic rings. The zero-order valence-electron chi connectivity index (χ0n) is 13.6. The minimum absolute atomic E-state index is 0.0587. The van der Waals surface area contributed by atoms with E-state index in [1.807, 2.05) is 4.98 Å². The Morgan fingerprint density at radius 3 is 2.70 bits per heavy atom. The second-order valence-electron chi connectivity index (χ2n) is 5.99. The Balaban J connectivity index is 1.87.